The SMILES string of the molecule is Cc1ccc(NC(=O)C[C@H]2SC(=NC[C@@H]3CCCO3)NC2=O)cc1Cl. The van der Waals surface area contributed by atoms with Crippen LogP contribution < -0.4 is 10.6 Å². The van der Waals surface area contributed by atoms with Gasteiger partial charge in [-0.25, -0.2) is 0 Å². The van der Waals surface area contributed by atoms with Gasteiger partial charge in [-0.2, -0.15) is 0 Å². The first-order valence-corrected chi connectivity index (χ1v) is 9.46. The van der Waals surface area contributed by atoms with E-state index in [2.05, 4.69) is 15.6 Å². The summed E-state index contributed by atoms with van der Waals surface area (Å²) in [5.74, 6) is -0.416. The number of thioether (sulfide) groups is 1. The number of carbonyl (C=O) groups excluding carboxylic acids is 2. The summed E-state index contributed by atoms with van der Waals surface area (Å²) in [6.45, 7) is 3.22. The molecular formula is C17H20ClN3O3S. The van der Waals surface area contributed by atoms with Crippen LogP contribution in [0.1, 0.15) is 24.8 Å². The molecule has 6 nitrogen and oxygen atoms in total. The van der Waals surface area contributed by atoms with Crippen molar-refractivity contribution < 1.29 is 14.3 Å². The standard InChI is InChI=1S/C17H20ClN3O3S/c1-10-4-5-11(7-13(10)18)20-15(22)8-14-16(23)21-17(25-14)19-9-12-3-2-6-24-12/h4-5,7,12,14H,2-3,6,8-9H2,1H3,(H,20,22)(H,19,21,23)/t12-,14+/m0/s1. The zero-order valence-corrected chi connectivity index (χ0v) is 15.5. The fourth-order valence-electron chi connectivity index (χ4n) is 2.64. The predicted octanol–water partition coefficient (Wildman–Crippen LogP) is 2.74. The van der Waals surface area contributed by atoms with Crippen LogP contribution >= 0.6 is 23.4 Å². The first kappa shape index (κ1) is 18.2. The Morgan fingerprint density at radius 1 is 1.52 bits per heavy atom. The van der Waals surface area contributed by atoms with Crippen LogP contribution in [0, 0.1) is 6.92 Å². The van der Waals surface area contributed by atoms with Gasteiger partial charge in [0.25, 0.3) is 0 Å². The highest BCUT2D eigenvalue weighted by Crippen LogP contribution is 2.25. The molecule has 0 spiro atoms. The van der Waals surface area contributed by atoms with E-state index in [1.54, 1.807) is 12.1 Å². The van der Waals surface area contributed by atoms with Gasteiger partial charge >= 0.3 is 0 Å². The maximum atomic E-state index is 12.2. The van der Waals surface area contributed by atoms with Crippen molar-refractivity contribution in [2.75, 3.05) is 18.5 Å². The zero-order valence-electron chi connectivity index (χ0n) is 13.9. The molecule has 0 bridgehead atoms. The summed E-state index contributed by atoms with van der Waals surface area (Å²) in [6, 6.07) is 5.32. The number of hydrogen-bond acceptors (Lipinski definition) is 5. The van der Waals surface area contributed by atoms with Crippen LogP contribution in [-0.2, 0) is 14.3 Å². The molecule has 1 aromatic rings. The van der Waals surface area contributed by atoms with Crippen molar-refractivity contribution >= 4 is 46.0 Å². The molecule has 2 aliphatic heterocycles. The molecular weight excluding hydrogens is 362 g/mol. The minimum absolute atomic E-state index is 0.0843. The number of aryl methyl sites for hydroxylation is 1. The Morgan fingerprint density at radius 2 is 2.36 bits per heavy atom. The molecule has 2 heterocycles. The molecule has 0 saturated carbocycles. The molecule has 2 N–H and O–H groups in total. The van der Waals surface area contributed by atoms with E-state index in [9.17, 15) is 9.59 Å². The lowest BCUT2D eigenvalue weighted by Gasteiger charge is -2.08. The molecule has 0 unspecified atom stereocenters. The number of nitrogens with one attached hydrogen (secondary N) is 2. The molecule has 0 aliphatic carbocycles. The Morgan fingerprint density at radius 3 is 3.08 bits per heavy atom. The molecule has 3 rings (SSSR count). The Labute approximate surface area is 155 Å². The van der Waals surface area contributed by atoms with E-state index in [0.29, 0.717) is 22.4 Å². The second-order valence-corrected chi connectivity index (χ2v) is 7.69. The first-order valence-electron chi connectivity index (χ1n) is 8.21. The largest absolute Gasteiger partial charge is 0.376 e. The van der Waals surface area contributed by atoms with Crippen LogP contribution in [0.4, 0.5) is 5.69 Å². The average Bonchev–Trinajstić information content (AvgIpc) is 3.19. The number of anilines is 1. The van der Waals surface area contributed by atoms with Gasteiger partial charge in [-0.05, 0) is 37.5 Å². The van der Waals surface area contributed by atoms with Crippen LogP contribution in [-0.4, -0.2) is 41.5 Å². The minimum Gasteiger partial charge on any atom is -0.376 e. The smallest absolute Gasteiger partial charge is 0.240 e. The number of amides is 2. The van der Waals surface area contributed by atoms with E-state index in [1.165, 1.54) is 11.8 Å². The summed E-state index contributed by atoms with van der Waals surface area (Å²) in [5.41, 5.74) is 1.56. The highest BCUT2D eigenvalue weighted by Gasteiger charge is 2.32. The van der Waals surface area contributed by atoms with E-state index >= 15 is 0 Å². The number of benzene rings is 1. The summed E-state index contributed by atoms with van der Waals surface area (Å²) >= 11 is 7.35. The molecule has 2 aliphatic rings. The Hall–Kier alpha value is -1.57. The normalized spacial score (nSPS) is 24.6. The van der Waals surface area contributed by atoms with Gasteiger partial charge in [0.1, 0.15) is 5.25 Å². The number of halogens is 1. The van der Waals surface area contributed by atoms with Gasteiger partial charge in [-0.15, -0.1) is 0 Å². The summed E-state index contributed by atoms with van der Waals surface area (Å²) < 4.78 is 5.51. The monoisotopic (exact) mass is 381 g/mol. The van der Waals surface area contributed by atoms with Crippen LogP contribution in [0.15, 0.2) is 23.2 Å². The highest BCUT2D eigenvalue weighted by molar-refractivity contribution is 8.15. The number of aliphatic imine (C=N–C) groups is 1. The van der Waals surface area contributed by atoms with Crippen molar-refractivity contribution in [3.63, 3.8) is 0 Å². The van der Waals surface area contributed by atoms with Crippen molar-refractivity contribution in [2.24, 2.45) is 4.99 Å². The molecule has 8 heteroatoms. The number of rotatable bonds is 5. The molecule has 2 fully saturated rings. The first-order chi connectivity index (χ1) is 12.0. The third-order valence-corrected chi connectivity index (χ3v) is 5.59. The lowest BCUT2D eigenvalue weighted by atomic mass is 10.2. The zero-order chi connectivity index (χ0) is 17.8. The Balaban J connectivity index is 1.51. The van der Waals surface area contributed by atoms with E-state index in [-0.39, 0.29) is 24.3 Å². The summed E-state index contributed by atoms with van der Waals surface area (Å²) in [6.07, 6.45) is 2.28. The van der Waals surface area contributed by atoms with E-state index in [1.807, 2.05) is 13.0 Å². The van der Waals surface area contributed by atoms with Gasteiger partial charge < -0.3 is 15.4 Å². The molecule has 1 aromatic carbocycles. The topological polar surface area (TPSA) is 79.8 Å². The molecule has 134 valence electrons. The van der Waals surface area contributed by atoms with Crippen LogP contribution in [0.5, 0.6) is 0 Å². The maximum Gasteiger partial charge on any atom is 0.240 e. The second-order valence-electron chi connectivity index (χ2n) is 6.09. The molecule has 0 radical (unpaired) electrons. The lowest BCUT2D eigenvalue weighted by Crippen LogP contribution is -2.28. The van der Waals surface area contributed by atoms with Gasteiger partial charge in [-0.1, -0.05) is 29.4 Å². The van der Waals surface area contributed by atoms with Gasteiger partial charge in [0.05, 0.1) is 12.6 Å². The third kappa shape index (κ3) is 4.96. The van der Waals surface area contributed by atoms with E-state index in [0.717, 1.165) is 25.0 Å². The quantitative estimate of drug-likeness (QED) is 0.821. The number of hydrogen-bond donors (Lipinski definition) is 2. The molecule has 2 atom stereocenters. The fraction of sp³-hybridized carbons (Fsp3) is 0.471. The maximum absolute atomic E-state index is 12.2. The summed E-state index contributed by atoms with van der Waals surface area (Å²) in [4.78, 5) is 28.6. The van der Waals surface area contributed by atoms with E-state index < -0.39 is 5.25 Å². The molecule has 25 heavy (non-hydrogen) atoms. The van der Waals surface area contributed by atoms with Gasteiger partial charge in [-0.3, -0.25) is 14.6 Å². The van der Waals surface area contributed by atoms with Crippen molar-refractivity contribution in [1.82, 2.24) is 5.32 Å². The number of amidine groups is 1. The summed E-state index contributed by atoms with van der Waals surface area (Å²) in [5, 5.41) is 6.19. The van der Waals surface area contributed by atoms with Crippen molar-refractivity contribution in [1.29, 1.82) is 0 Å². The van der Waals surface area contributed by atoms with Crippen LogP contribution in [0.25, 0.3) is 0 Å². The van der Waals surface area contributed by atoms with Crippen LogP contribution in [0.3, 0.4) is 0 Å². The minimum atomic E-state index is -0.468. The van der Waals surface area contributed by atoms with Gasteiger partial charge in [0.15, 0.2) is 5.17 Å². The second kappa shape index (κ2) is 8.21. The van der Waals surface area contributed by atoms with Crippen molar-refractivity contribution in [2.45, 2.75) is 37.5 Å². The van der Waals surface area contributed by atoms with E-state index in [4.69, 9.17) is 16.3 Å². The lowest BCUT2D eigenvalue weighted by molar-refractivity contribution is -0.122. The van der Waals surface area contributed by atoms with Crippen LogP contribution in [0.2, 0.25) is 5.02 Å². The van der Waals surface area contributed by atoms with Gasteiger partial charge in [0.2, 0.25) is 11.8 Å². The Bertz CT molecular complexity index is 704. The summed E-state index contributed by atoms with van der Waals surface area (Å²) in [7, 11) is 0. The molecule has 2 saturated heterocycles. The van der Waals surface area contributed by atoms with Crippen molar-refractivity contribution in [3.8, 4) is 0 Å². The number of carbonyl (C=O) groups is 2. The number of nitrogens with zero attached hydrogens (tertiary/aromatic N) is 1. The molecule has 2 amide bonds. The predicted molar refractivity (Wildman–Crippen MR) is 100 cm³/mol. The van der Waals surface area contributed by atoms with Crippen molar-refractivity contribution in [3.05, 3.63) is 28.8 Å². The van der Waals surface area contributed by atoms with Gasteiger partial charge in [0, 0.05) is 23.7 Å². The number of ether oxygens (including phenoxy) is 1. The highest BCUT2D eigenvalue weighted by atomic mass is 35.5. The average molecular weight is 382 g/mol. The fourth-order valence-corrected chi connectivity index (χ4v) is 3.80. The molecule has 0 aromatic heterocycles. The third-order valence-electron chi connectivity index (χ3n) is 4.07. The Kier molecular flexibility index (Phi) is 5.98.